The van der Waals surface area contributed by atoms with Crippen LogP contribution in [0.4, 0.5) is 0 Å². The number of carbonyl (C=O) groups excluding carboxylic acids is 1. The van der Waals surface area contributed by atoms with E-state index >= 15 is 0 Å². The number of rotatable bonds is 5. The smallest absolute Gasteiger partial charge is 0.195 e. The highest BCUT2D eigenvalue weighted by atomic mass is 16.1. The van der Waals surface area contributed by atoms with E-state index in [1.807, 2.05) is 6.07 Å². The van der Waals surface area contributed by atoms with E-state index in [2.05, 4.69) is 16.8 Å². The van der Waals surface area contributed by atoms with Crippen molar-refractivity contribution in [3.63, 3.8) is 0 Å². The molecule has 4 heteroatoms. The molecule has 1 unspecified atom stereocenters. The van der Waals surface area contributed by atoms with Gasteiger partial charge in [-0.15, -0.1) is 6.42 Å². The highest BCUT2D eigenvalue weighted by Gasteiger charge is 2.27. The monoisotopic (exact) mass is 229 g/mol. The predicted octanol–water partition coefficient (Wildman–Crippen LogP) is 0.699. The molecule has 0 aromatic carbocycles. The van der Waals surface area contributed by atoms with Gasteiger partial charge in [-0.3, -0.25) is 15.6 Å². The third-order valence-electron chi connectivity index (χ3n) is 2.66. The van der Waals surface area contributed by atoms with Gasteiger partial charge in [0.1, 0.15) is 6.07 Å². The second-order valence-electron chi connectivity index (χ2n) is 3.83. The lowest BCUT2D eigenvalue weighted by molar-refractivity contribution is -0.111. The van der Waals surface area contributed by atoms with Crippen LogP contribution >= 0.6 is 0 Å². The third kappa shape index (κ3) is 3.29. The molecule has 0 spiro atoms. The highest BCUT2D eigenvalue weighted by molar-refractivity contribution is 6.08. The van der Waals surface area contributed by atoms with Crippen molar-refractivity contribution in [1.82, 2.24) is 10.9 Å². The fraction of sp³-hybridized carbons (Fsp3) is 0.385. The van der Waals surface area contributed by atoms with E-state index in [0.717, 1.165) is 13.0 Å². The van der Waals surface area contributed by atoms with Gasteiger partial charge in [0, 0.05) is 6.54 Å². The molecule has 2 N–H and O–H groups in total. The number of hydrogen-bond donors (Lipinski definition) is 2. The van der Waals surface area contributed by atoms with Crippen molar-refractivity contribution in [2.24, 2.45) is 5.41 Å². The van der Waals surface area contributed by atoms with Crippen LogP contribution in [-0.4, -0.2) is 19.4 Å². The van der Waals surface area contributed by atoms with E-state index in [1.54, 1.807) is 19.2 Å². The minimum Gasteiger partial charge on any atom is -0.289 e. The lowest BCUT2D eigenvalue weighted by atomic mass is 9.78. The number of nitrogens with zero attached hydrogens (tertiary/aromatic N) is 1. The number of terminal acetylenes is 1. The van der Waals surface area contributed by atoms with E-state index in [4.69, 9.17) is 11.7 Å². The van der Waals surface area contributed by atoms with Gasteiger partial charge in [-0.05, 0) is 32.0 Å². The van der Waals surface area contributed by atoms with Crippen molar-refractivity contribution >= 4 is 5.78 Å². The van der Waals surface area contributed by atoms with E-state index in [-0.39, 0.29) is 11.4 Å². The van der Waals surface area contributed by atoms with Gasteiger partial charge >= 0.3 is 0 Å². The summed E-state index contributed by atoms with van der Waals surface area (Å²) in [5.41, 5.74) is 5.32. The number of carbonyl (C=O) groups is 1. The summed E-state index contributed by atoms with van der Waals surface area (Å²) >= 11 is 0. The summed E-state index contributed by atoms with van der Waals surface area (Å²) in [6.45, 7) is 0.775. The Morgan fingerprint density at radius 1 is 1.59 bits per heavy atom. The van der Waals surface area contributed by atoms with E-state index in [0.29, 0.717) is 6.42 Å². The van der Waals surface area contributed by atoms with Crippen LogP contribution in [0.15, 0.2) is 23.8 Å². The Hall–Kier alpha value is -1.88. The van der Waals surface area contributed by atoms with Crippen molar-refractivity contribution in [1.29, 1.82) is 5.26 Å². The molecule has 1 atom stereocenters. The van der Waals surface area contributed by atoms with Gasteiger partial charge in [0.15, 0.2) is 5.78 Å². The van der Waals surface area contributed by atoms with Crippen LogP contribution in [0.2, 0.25) is 0 Å². The average molecular weight is 229 g/mol. The van der Waals surface area contributed by atoms with Crippen LogP contribution in [0.5, 0.6) is 0 Å². The minimum absolute atomic E-state index is 0.132. The quantitative estimate of drug-likeness (QED) is 0.414. The molecule has 0 amide bonds. The lowest BCUT2D eigenvalue weighted by Gasteiger charge is -2.23. The maximum atomic E-state index is 11.3. The number of hydrogen-bond acceptors (Lipinski definition) is 4. The summed E-state index contributed by atoms with van der Waals surface area (Å²) in [6, 6.07) is 1.88. The van der Waals surface area contributed by atoms with Crippen LogP contribution in [0.25, 0.3) is 0 Å². The van der Waals surface area contributed by atoms with Gasteiger partial charge in [-0.2, -0.15) is 5.26 Å². The summed E-state index contributed by atoms with van der Waals surface area (Å²) in [6.07, 6.45) is 11.7. The molecule has 0 radical (unpaired) electrons. The van der Waals surface area contributed by atoms with Gasteiger partial charge in [-0.25, -0.2) is 0 Å². The highest BCUT2D eigenvalue weighted by Crippen LogP contribution is 2.31. The molecule has 0 saturated heterocycles. The van der Waals surface area contributed by atoms with E-state index in [9.17, 15) is 4.79 Å². The van der Waals surface area contributed by atoms with Gasteiger partial charge < -0.3 is 0 Å². The maximum absolute atomic E-state index is 11.3. The minimum atomic E-state index is -0.603. The number of nitrogens with one attached hydrogen (secondary N) is 2. The number of ketones is 1. The summed E-state index contributed by atoms with van der Waals surface area (Å²) in [5.74, 6) is 2.39. The predicted molar refractivity (Wildman–Crippen MR) is 65.4 cm³/mol. The molecule has 0 aromatic heterocycles. The fourth-order valence-corrected chi connectivity index (χ4v) is 1.69. The Labute approximate surface area is 101 Å². The molecule has 4 nitrogen and oxygen atoms in total. The van der Waals surface area contributed by atoms with Crippen molar-refractivity contribution < 1.29 is 4.79 Å². The van der Waals surface area contributed by atoms with Crippen LogP contribution in [0.3, 0.4) is 0 Å². The maximum Gasteiger partial charge on any atom is 0.195 e. The zero-order valence-electron chi connectivity index (χ0n) is 9.79. The Kier molecular flexibility index (Phi) is 4.66. The second kappa shape index (κ2) is 6.00. The molecule has 0 heterocycles. The largest absolute Gasteiger partial charge is 0.289 e. The van der Waals surface area contributed by atoms with Crippen molar-refractivity contribution in [3.8, 4) is 18.4 Å². The zero-order chi connectivity index (χ0) is 12.7. The standard InChI is InChI=1S/C13H15N3O/c1-3-13(6-4-8-16-15-2)7-5-12(17)11(9-13)10-14/h1,5,7,9,15-16H,4,6,8H2,2H3. The lowest BCUT2D eigenvalue weighted by Crippen LogP contribution is -2.29. The number of allylic oxidation sites excluding steroid dienone is 4. The summed E-state index contributed by atoms with van der Waals surface area (Å²) < 4.78 is 0. The first-order valence-corrected chi connectivity index (χ1v) is 5.41. The van der Waals surface area contributed by atoms with E-state index < -0.39 is 5.41 Å². The normalized spacial score (nSPS) is 22.8. The first-order chi connectivity index (χ1) is 8.17. The first kappa shape index (κ1) is 13.2. The second-order valence-corrected chi connectivity index (χ2v) is 3.83. The van der Waals surface area contributed by atoms with E-state index in [1.165, 1.54) is 6.08 Å². The summed E-state index contributed by atoms with van der Waals surface area (Å²) in [7, 11) is 1.80. The molecular weight excluding hydrogens is 214 g/mol. The SMILES string of the molecule is C#CC1(CCCNNC)C=CC(=O)C(C#N)=C1. The Balaban J connectivity index is 2.74. The molecule has 1 rings (SSSR count). The van der Waals surface area contributed by atoms with Crippen molar-refractivity contribution in [2.75, 3.05) is 13.6 Å². The van der Waals surface area contributed by atoms with Crippen LogP contribution in [0, 0.1) is 29.1 Å². The number of nitriles is 1. The molecule has 17 heavy (non-hydrogen) atoms. The summed E-state index contributed by atoms with van der Waals surface area (Å²) in [5, 5.41) is 8.83. The van der Waals surface area contributed by atoms with Crippen LogP contribution in [-0.2, 0) is 4.79 Å². The number of hydrazine groups is 1. The molecule has 1 aliphatic rings. The topological polar surface area (TPSA) is 64.9 Å². The molecular formula is C13H15N3O. The van der Waals surface area contributed by atoms with Gasteiger partial charge in [-0.1, -0.05) is 12.0 Å². The molecule has 0 saturated carbocycles. The Morgan fingerprint density at radius 2 is 2.35 bits per heavy atom. The first-order valence-electron chi connectivity index (χ1n) is 5.41. The Morgan fingerprint density at radius 3 is 2.94 bits per heavy atom. The molecule has 0 fully saturated rings. The van der Waals surface area contributed by atoms with Crippen molar-refractivity contribution in [2.45, 2.75) is 12.8 Å². The van der Waals surface area contributed by atoms with Gasteiger partial charge in [0.2, 0.25) is 0 Å². The van der Waals surface area contributed by atoms with Crippen LogP contribution < -0.4 is 10.9 Å². The summed E-state index contributed by atoms with van der Waals surface area (Å²) in [4.78, 5) is 11.3. The van der Waals surface area contributed by atoms with Gasteiger partial charge in [0.05, 0.1) is 11.0 Å². The van der Waals surface area contributed by atoms with Gasteiger partial charge in [0.25, 0.3) is 0 Å². The molecule has 1 aliphatic carbocycles. The average Bonchev–Trinajstić information content (AvgIpc) is 2.37. The zero-order valence-corrected chi connectivity index (χ0v) is 9.79. The molecule has 0 aliphatic heterocycles. The van der Waals surface area contributed by atoms with Crippen molar-refractivity contribution in [3.05, 3.63) is 23.8 Å². The molecule has 88 valence electrons. The molecule has 0 aromatic rings. The third-order valence-corrected chi connectivity index (χ3v) is 2.66. The Bertz CT molecular complexity index is 437. The van der Waals surface area contributed by atoms with Crippen LogP contribution in [0.1, 0.15) is 12.8 Å². The fourth-order valence-electron chi connectivity index (χ4n) is 1.69. The molecule has 0 bridgehead atoms.